The van der Waals surface area contributed by atoms with Gasteiger partial charge in [0.1, 0.15) is 0 Å². The third kappa shape index (κ3) is 1.91. The fourth-order valence-corrected chi connectivity index (χ4v) is 1.18. The summed E-state index contributed by atoms with van der Waals surface area (Å²) >= 11 is 0. The van der Waals surface area contributed by atoms with Crippen molar-refractivity contribution in [1.82, 2.24) is 16.0 Å². The van der Waals surface area contributed by atoms with Crippen LogP contribution in [0.1, 0.15) is 0 Å². The van der Waals surface area contributed by atoms with E-state index in [4.69, 9.17) is 5.73 Å². The van der Waals surface area contributed by atoms with Crippen LogP contribution in [0.3, 0.4) is 0 Å². The van der Waals surface area contributed by atoms with Gasteiger partial charge in [-0.25, -0.2) is 0 Å². The second-order valence-corrected chi connectivity index (χ2v) is 2.60. The molecule has 0 radical (unpaired) electrons. The highest BCUT2D eigenvalue weighted by Gasteiger charge is 2.18. The third-order valence-electron chi connectivity index (χ3n) is 1.77. The van der Waals surface area contributed by atoms with Gasteiger partial charge in [0.05, 0.1) is 6.17 Å². The molecule has 0 aliphatic carbocycles. The van der Waals surface area contributed by atoms with Crippen molar-refractivity contribution in [3.8, 4) is 0 Å². The molecule has 5 N–H and O–H groups in total. The molecule has 0 amide bonds. The Bertz CT molecular complexity index is 93.7. The van der Waals surface area contributed by atoms with Gasteiger partial charge in [-0.1, -0.05) is 0 Å². The van der Waals surface area contributed by atoms with Gasteiger partial charge in [0.2, 0.25) is 0 Å². The first-order valence-corrected chi connectivity index (χ1v) is 3.71. The van der Waals surface area contributed by atoms with Crippen molar-refractivity contribution in [2.45, 2.75) is 12.2 Å². The minimum atomic E-state index is 0.0983. The van der Waals surface area contributed by atoms with Crippen molar-refractivity contribution < 1.29 is 0 Å². The molecule has 0 aromatic heterocycles. The predicted octanol–water partition coefficient (Wildman–Crippen LogP) is -1.95. The Morgan fingerprint density at radius 2 is 2.20 bits per heavy atom. The lowest BCUT2D eigenvalue weighted by atomic mass is 10.2. The molecule has 2 atom stereocenters. The summed E-state index contributed by atoms with van der Waals surface area (Å²) in [6, 6.07) is 0.374. The average molecular weight is 144 g/mol. The quantitative estimate of drug-likeness (QED) is 0.364. The normalized spacial score (nSPS) is 34.2. The zero-order valence-electron chi connectivity index (χ0n) is 6.35. The van der Waals surface area contributed by atoms with Crippen LogP contribution < -0.4 is 21.7 Å². The third-order valence-corrected chi connectivity index (χ3v) is 1.77. The standard InChI is InChI=1S/C6H16N4/c1-8-4-5-6(7)10-3-2-9-5/h5-6,8-10H,2-4,7H2,1H3. The summed E-state index contributed by atoms with van der Waals surface area (Å²) in [5.74, 6) is 0. The second-order valence-electron chi connectivity index (χ2n) is 2.60. The molecule has 0 saturated carbocycles. The Kier molecular flexibility index (Phi) is 3.08. The zero-order chi connectivity index (χ0) is 7.40. The first-order chi connectivity index (χ1) is 4.84. The van der Waals surface area contributed by atoms with Crippen LogP contribution in [0.25, 0.3) is 0 Å². The molecule has 1 heterocycles. The van der Waals surface area contributed by atoms with Gasteiger partial charge in [0.25, 0.3) is 0 Å². The molecule has 1 rings (SSSR count). The van der Waals surface area contributed by atoms with Crippen LogP contribution in [0.15, 0.2) is 0 Å². The molecule has 10 heavy (non-hydrogen) atoms. The lowest BCUT2D eigenvalue weighted by Gasteiger charge is -2.30. The van der Waals surface area contributed by atoms with E-state index in [-0.39, 0.29) is 6.17 Å². The van der Waals surface area contributed by atoms with Gasteiger partial charge in [-0.2, -0.15) is 0 Å². The molecule has 1 fully saturated rings. The van der Waals surface area contributed by atoms with E-state index in [9.17, 15) is 0 Å². The highest BCUT2D eigenvalue weighted by Crippen LogP contribution is 1.89. The fraction of sp³-hybridized carbons (Fsp3) is 1.00. The summed E-state index contributed by atoms with van der Waals surface area (Å²) < 4.78 is 0. The summed E-state index contributed by atoms with van der Waals surface area (Å²) in [5.41, 5.74) is 5.75. The zero-order valence-corrected chi connectivity index (χ0v) is 6.35. The SMILES string of the molecule is CNCC1NCCNC1N. The van der Waals surface area contributed by atoms with Crippen molar-refractivity contribution in [2.75, 3.05) is 26.7 Å². The van der Waals surface area contributed by atoms with E-state index in [1.807, 2.05) is 7.05 Å². The first kappa shape index (κ1) is 7.94. The average Bonchev–Trinajstić information content (AvgIpc) is 1.94. The smallest absolute Gasteiger partial charge is 0.0717 e. The van der Waals surface area contributed by atoms with Gasteiger partial charge < -0.3 is 16.4 Å². The van der Waals surface area contributed by atoms with Crippen LogP contribution in [0.5, 0.6) is 0 Å². The lowest BCUT2D eigenvalue weighted by molar-refractivity contribution is 0.321. The van der Waals surface area contributed by atoms with Gasteiger partial charge in [-0.3, -0.25) is 5.32 Å². The van der Waals surface area contributed by atoms with Crippen molar-refractivity contribution in [1.29, 1.82) is 0 Å². The van der Waals surface area contributed by atoms with Crippen molar-refractivity contribution >= 4 is 0 Å². The largest absolute Gasteiger partial charge is 0.318 e. The summed E-state index contributed by atoms with van der Waals surface area (Å²) in [6.45, 7) is 2.91. The van der Waals surface area contributed by atoms with Crippen LogP contribution >= 0.6 is 0 Å². The van der Waals surface area contributed by atoms with Gasteiger partial charge in [0.15, 0.2) is 0 Å². The van der Waals surface area contributed by atoms with Crippen molar-refractivity contribution in [3.63, 3.8) is 0 Å². The Labute approximate surface area is 61.5 Å². The number of likely N-dealkylation sites (N-methyl/N-ethyl adjacent to an activating group) is 1. The Balaban J connectivity index is 2.25. The maximum atomic E-state index is 5.75. The molecule has 1 aliphatic heterocycles. The van der Waals surface area contributed by atoms with Crippen LogP contribution in [-0.2, 0) is 0 Å². The van der Waals surface area contributed by atoms with Crippen LogP contribution in [0.2, 0.25) is 0 Å². The predicted molar refractivity (Wildman–Crippen MR) is 41.7 cm³/mol. The minimum absolute atomic E-state index is 0.0983. The number of rotatable bonds is 2. The molecular formula is C6H16N4. The van der Waals surface area contributed by atoms with Crippen LogP contribution in [0.4, 0.5) is 0 Å². The molecule has 0 aromatic carbocycles. The van der Waals surface area contributed by atoms with Gasteiger partial charge in [-0.15, -0.1) is 0 Å². The molecule has 0 spiro atoms. The summed E-state index contributed by atoms with van der Waals surface area (Å²) in [7, 11) is 1.93. The first-order valence-electron chi connectivity index (χ1n) is 3.71. The van der Waals surface area contributed by atoms with Gasteiger partial charge in [0, 0.05) is 25.7 Å². The van der Waals surface area contributed by atoms with E-state index in [1.165, 1.54) is 0 Å². The van der Waals surface area contributed by atoms with E-state index in [2.05, 4.69) is 16.0 Å². The molecule has 1 saturated heterocycles. The van der Waals surface area contributed by atoms with E-state index < -0.39 is 0 Å². The summed E-state index contributed by atoms with van der Waals surface area (Å²) in [6.07, 6.45) is 0.0983. The molecular weight excluding hydrogens is 128 g/mol. The number of hydrogen-bond donors (Lipinski definition) is 4. The van der Waals surface area contributed by atoms with Crippen LogP contribution in [-0.4, -0.2) is 38.9 Å². The highest BCUT2D eigenvalue weighted by atomic mass is 15.2. The van der Waals surface area contributed by atoms with Gasteiger partial charge >= 0.3 is 0 Å². The van der Waals surface area contributed by atoms with E-state index >= 15 is 0 Å². The second kappa shape index (κ2) is 3.88. The summed E-state index contributed by atoms with van der Waals surface area (Å²) in [4.78, 5) is 0. The molecule has 0 bridgehead atoms. The van der Waals surface area contributed by atoms with E-state index in [1.54, 1.807) is 0 Å². The topological polar surface area (TPSA) is 62.1 Å². The molecule has 0 aromatic rings. The van der Waals surface area contributed by atoms with E-state index in [0.29, 0.717) is 6.04 Å². The molecule has 1 aliphatic rings. The molecule has 4 heteroatoms. The van der Waals surface area contributed by atoms with Crippen LogP contribution in [0, 0.1) is 0 Å². The maximum Gasteiger partial charge on any atom is 0.0717 e. The Morgan fingerprint density at radius 1 is 1.50 bits per heavy atom. The van der Waals surface area contributed by atoms with E-state index in [0.717, 1.165) is 19.6 Å². The molecule has 4 nitrogen and oxygen atoms in total. The van der Waals surface area contributed by atoms with Gasteiger partial charge in [-0.05, 0) is 7.05 Å². The Morgan fingerprint density at radius 3 is 2.80 bits per heavy atom. The highest BCUT2D eigenvalue weighted by molar-refractivity contribution is 4.83. The monoisotopic (exact) mass is 144 g/mol. The molecule has 60 valence electrons. The molecule has 2 unspecified atom stereocenters. The Hall–Kier alpha value is -0.160. The fourth-order valence-electron chi connectivity index (χ4n) is 1.18. The summed E-state index contributed by atoms with van der Waals surface area (Å²) in [5, 5.41) is 9.60. The number of piperazine rings is 1. The van der Waals surface area contributed by atoms with Crippen molar-refractivity contribution in [3.05, 3.63) is 0 Å². The van der Waals surface area contributed by atoms with Crippen molar-refractivity contribution in [2.24, 2.45) is 5.73 Å². The maximum absolute atomic E-state index is 5.75. The lowest BCUT2D eigenvalue weighted by Crippen LogP contribution is -2.62. The number of nitrogens with two attached hydrogens (primary N) is 1. The number of hydrogen-bond acceptors (Lipinski definition) is 4. The number of nitrogens with one attached hydrogen (secondary N) is 3. The minimum Gasteiger partial charge on any atom is -0.318 e.